The third-order valence-corrected chi connectivity index (χ3v) is 5.17. The molecule has 1 amide bonds. The van der Waals surface area contributed by atoms with Crippen LogP contribution in [0.25, 0.3) is 0 Å². The van der Waals surface area contributed by atoms with Crippen molar-refractivity contribution in [2.75, 3.05) is 18.0 Å². The van der Waals surface area contributed by atoms with Gasteiger partial charge in [0.2, 0.25) is 5.91 Å². The van der Waals surface area contributed by atoms with Gasteiger partial charge in [-0.1, -0.05) is 11.6 Å². The number of halogens is 1. The standard InChI is InChI=1S/C13H17ClN2O3S/c1-2-16(10-4-5-10)13(17)8-20(18,19)12-6-3-9(14)7-11(12)15/h3,6-7,10H,2,4-5,8,15H2,1H3. The van der Waals surface area contributed by atoms with E-state index >= 15 is 0 Å². The van der Waals surface area contributed by atoms with Crippen molar-refractivity contribution in [3.63, 3.8) is 0 Å². The Morgan fingerprint density at radius 2 is 2.10 bits per heavy atom. The van der Waals surface area contributed by atoms with Gasteiger partial charge in [-0.15, -0.1) is 0 Å². The monoisotopic (exact) mass is 316 g/mol. The van der Waals surface area contributed by atoms with E-state index in [4.69, 9.17) is 17.3 Å². The van der Waals surface area contributed by atoms with E-state index in [0.717, 1.165) is 12.8 Å². The molecule has 1 aliphatic carbocycles. The lowest BCUT2D eigenvalue weighted by Crippen LogP contribution is -2.37. The number of nitrogen functional groups attached to an aromatic ring is 1. The van der Waals surface area contributed by atoms with Crippen LogP contribution in [0.3, 0.4) is 0 Å². The molecule has 0 saturated heterocycles. The van der Waals surface area contributed by atoms with Gasteiger partial charge >= 0.3 is 0 Å². The third kappa shape index (κ3) is 3.24. The van der Waals surface area contributed by atoms with Gasteiger partial charge in [-0.3, -0.25) is 4.79 Å². The van der Waals surface area contributed by atoms with E-state index in [2.05, 4.69) is 0 Å². The van der Waals surface area contributed by atoms with Crippen molar-refractivity contribution >= 4 is 33.0 Å². The predicted molar refractivity (Wildman–Crippen MR) is 78.3 cm³/mol. The molecule has 2 rings (SSSR count). The van der Waals surface area contributed by atoms with Crippen molar-refractivity contribution in [2.24, 2.45) is 0 Å². The number of amides is 1. The number of sulfone groups is 1. The molecule has 1 saturated carbocycles. The molecule has 0 radical (unpaired) electrons. The number of rotatable bonds is 5. The highest BCUT2D eigenvalue weighted by atomic mass is 35.5. The molecule has 0 heterocycles. The second-order valence-electron chi connectivity index (χ2n) is 4.85. The molecule has 0 spiro atoms. The maximum atomic E-state index is 12.3. The minimum absolute atomic E-state index is 0.0397. The highest BCUT2D eigenvalue weighted by molar-refractivity contribution is 7.92. The molecule has 0 atom stereocenters. The van der Waals surface area contributed by atoms with Crippen LogP contribution >= 0.6 is 11.6 Å². The number of hydrogen-bond acceptors (Lipinski definition) is 4. The fraction of sp³-hybridized carbons (Fsp3) is 0.462. The Morgan fingerprint density at radius 1 is 1.45 bits per heavy atom. The largest absolute Gasteiger partial charge is 0.398 e. The number of benzene rings is 1. The molecule has 1 aromatic rings. The van der Waals surface area contributed by atoms with Gasteiger partial charge in [0, 0.05) is 17.6 Å². The minimum atomic E-state index is -3.74. The maximum Gasteiger partial charge on any atom is 0.238 e. The summed E-state index contributed by atoms with van der Waals surface area (Å²) in [6.07, 6.45) is 1.89. The Labute approximate surface area is 123 Å². The lowest BCUT2D eigenvalue weighted by atomic mass is 10.3. The van der Waals surface area contributed by atoms with E-state index in [0.29, 0.717) is 11.6 Å². The van der Waals surface area contributed by atoms with Gasteiger partial charge in [0.25, 0.3) is 0 Å². The molecular weight excluding hydrogens is 300 g/mol. The van der Waals surface area contributed by atoms with E-state index in [1.54, 1.807) is 4.90 Å². The first-order valence-electron chi connectivity index (χ1n) is 6.42. The van der Waals surface area contributed by atoms with E-state index < -0.39 is 15.6 Å². The highest BCUT2D eigenvalue weighted by Crippen LogP contribution is 2.28. The summed E-state index contributed by atoms with van der Waals surface area (Å²) in [6, 6.07) is 4.36. The molecule has 1 aromatic carbocycles. The van der Waals surface area contributed by atoms with Crippen molar-refractivity contribution < 1.29 is 13.2 Å². The summed E-state index contributed by atoms with van der Waals surface area (Å²) in [6.45, 7) is 2.37. The zero-order chi connectivity index (χ0) is 14.9. The Morgan fingerprint density at radius 3 is 2.60 bits per heavy atom. The Kier molecular flexibility index (Phi) is 4.25. The average Bonchev–Trinajstić information content (AvgIpc) is 3.12. The fourth-order valence-electron chi connectivity index (χ4n) is 2.15. The first kappa shape index (κ1) is 15.1. The summed E-state index contributed by atoms with van der Waals surface area (Å²) in [7, 11) is -3.74. The lowest BCUT2D eigenvalue weighted by molar-refractivity contribution is -0.128. The number of hydrogen-bond donors (Lipinski definition) is 1. The molecule has 5 nitrogen and oxygen atoms in total. The Hall–Kier alpha value is -1.27. The van der Waals surface area contributed by atoms with Crippen LogP contribution in [0.1, 0.15) is 19.8 Å². The first-order chi connectivity index (χ1) is 9.35. The lowest BCUT2D eigenvalue weighted by Gasteiger charge is -2.20. The number of carbonyl (C=O) groups is 1. The van der Waals surface area contributed by atoms with Crippen molar-refractivity contribution in [1.29, 1.82) is 0 Å². The second kappa shape index (κ2) is 5.61. The molecule has 0 aliphatic heterocycles. The van der Waals surface area contributed by atoms with Crippen LogP contribution in [0.15, 0.2) is 23.1 Å². The fourth-order valence-corrected chi connectivity index (χ4v) is 3.67. The van der Waals surface area contributed by atoms with Gasteiger partial charge in [-0.05, 0) is 38.0 Å². The molecule has 20 heavy (non-hydrogen) atoms. The van der Waals surface area contributed by atoms with Crippen LogP contribution in [0.5, 0.6) is 0 Å². The van der Waals surface area contributed by atoms with Gasteiger partial charge in [0.1, 0.15) is 5.75 Å². The minimum Gasteiger partial charge on any atom is -0.398 e. The van der Waals surface area contributed by atoms with E-state index in [9.17, 15) is 13.2 Å². The summed E-state index contributed by atoms with van der Waals surface area (Å²) in [5.41, 5.74) is 5.74. The van der Waals surface area contributed by atoms with Crippen molar-refractivity contribution in [1.82, 2.24) is 4.90 Å². The second-order valence-corrected chi connectivity index (χ2v) is 7.25. The Balaban J connectivity index is 2.20. The van der Waals surface area contributed by atoms with Crippen LogP contribution in [-0.4, -0.2) is 37.6 Å². The molecule has 2 N–H and O–H groups in total. The molecule has 7 heteroatoms. The zero-order valence-corrected chi connectivity index (χ0v) is 12.7. The van der Waals surface area contributed by atoms with Crippen LogP contribution in [-0.2, 0) is 14.6 Å². The molecular formula is C13H17ClN2O3S. The molecule has 1 fully saturated rings. The summed E-state index contributed by atoms with van der Waals surface area (Å²) < 4.78 is 24.5. The average molecular weight is 317 g/mol. The van der Waals surface area contributed by atoms with Gasteiger partial charge in [-0.25, -0.2) is 8.42 Å². The van der Waals surface area contributed by atoms with Crippen LogP contribution in [0.2, 0.25) is 5.02 Å². The van der Waals surface area contributed by atoms with Gasteiger partial charge in [0.05, 0.1) is 10.6 Å². The van der Waals surface area contributed by atoms with Crippen LogP contribution in [0, 0.1) is 0 Å². The number of nitrogens with two attached hydrogens (primary N) is 1. The van der Waals surface area contributed by atoms with E-state index in [-0.39, 0.29) is 22.5 Å². The summed E-state index contributed by atoms with van der Waals surface area (Å²) in [5.74, 6) is -0.923. The van der Waals surface area contributed by atoms with Gasteiger partial charge < -0.3 is 10.6 Å². The van der Waals surface area contributed by atoms with Crippen molar-refractivity contribution in [3.05, 3.63) is 23.2 Å². The summed E-state index contributed by atoms with van der Waals surface area (Å²) in [4.78, 5) is 13.7. The van der Waals surface area contributed by atoms with Crippen LogP contribution in [0.4, 0.5) is 5.69 Å². The number of anilines is 1. The molecule has 1 aliphatic rings. The SMILES string of the molecule is CCN(C(=O)CS(=O)(=O)c1ccc(Cl)cc1N)C1CC1. The normalized spacial score (nSPS) is 15.1. The number of nitrogens with zero attached hydrogens (tertiary/aromatic N) is 1. The molecule has 0 aromatic heterocycles. The van der Waals surface area contributed by atoms with Crippen molar-refractivity contribution in [2.45, 2.75) is 30.7 Å². The van der Waals surface area contributed by atoms with Crippen molar-refractivity contribution in [3.8, 4) is 0 Å². The molecule has 0 bridgehead atoms. The van der Waals surface area contributed by atoms with Crippen LogP contribution < -0.4 is 5.73 Å². The zero-order valence-electron chi connectivity index (χ0n) is 11.2. The number of carbonyl (C=O) groups excluding carboxylic acids is 1. The quantitative estimate of drug-likeness (QED) is 0.838. The summed E-state index contributed by atoms with van der Waals surface area (Å²) >= 11 is 5.75. The predicted octanol–water partition coefficient (Wildman–Crippen LogP) is 1.71. The highest BCUT2D eigenvalue weighted by Gasteiger charge is 2.34. The maximum absolute atomic E-state index is 12.3. The van der Waals surface area contributed by atoms with Gasteiger partial charge in [0.15, 0.2) is 9.84 Å². The molecule has 110 valence electrons. The van der Waals surface area contributed by atoms with E-state index in [1.165, 1.54) is 18.2 Å². The summed E-state index contributed by atoms with van der Waals surface area (Å²) in [5, 5.41) is 0.362. The first-order valence-corrected chi connectivity index (χ1v) is 8.45. The smallest absolute Gasteiger partial charge is 0.238 e. The third-order valence-electron chi connectivity index (χ3n) is 3.27. The topological polar surface area (TPSA) is 80.5 Å². The molecule has 0 unspecified atom stereocenters. The van der Waals surface area contributed by atoms with Gasteiger partial charge in [-0.2, -0.15) is 0 Å². The van der Waals surface area contributed by atoms with E-state index in [1.807, 2.05) is 6.92 Å². The Bertz CT molecular complexity index is 627.